The van der Waals surface area contributed by atoms with Gasteiger partial charge in [-0.05, 0) is 43.2 Å². The van der Waals surface area contributed by atoms with Crippen molar-refractivity contribution >= 4 is 51.6 Å². The maximum Gasteiger partial charge on any atom is 0.323 e. The summed E-state index contributed by atoms with van der Waals surface area (Å²) in [4.78, 5) is 41.6. The van der Waals surface area contributed by atoms with E-state index in [2.05, 4.69) is 35.9 Å². The molecule has 0 unspecified atom stereocenters. The SMILES string of the molecule is O=C(Nc1cccnc1)Nc1ccc(Cl)c(C(=O)c2c[nH]c3ncnc(N[C@@H]4CC[C@@H](CO)OC4)c23)c1. The van der Waals surface area contributed by atoms with Crippen LogP contribution in [0, 0.1) is 0 Å². The van der Waals surface area contributed by atoms with Crippen molar-refractivity contribution in [3.63, 3.8) is 0 Å². The summed E-state index contributed by atoms with van der Waals surface area (Å²) in [6.07, 6.45) is 7.43. The molecule has 2 atom stereocenters. The Bertz CT molecular complexity index is 1420. The van der Waals surface area contributed by atoms with Crippen LogP contribution in [0.25, 0.3) is 11.0 Å². The Hall–Kier alpha value is -4.06. The largest absolute Gasteiger partial charge is 0.394 e. The van der Waals surface area contributed by atoms with Crippen LogP contribution < -0.4 is 16.0 Å². The summed E-state index contributed by atoms with van der Waals surface area (Å²) in [6, 6.07) is 7.57. The lowest BCUT2D eigenvalue weighted by atomic mass is 10.0. The highest BCUT2D eigenvalue weighted by atomic mass is 35.5. The predicted octanol–water partition coefficient (Wildman–Crippen LogP) is 3.83. The molecule has 4 heterocycles. The molecular formula is C25H24ClN7O4. The first-order valence-corrected chi connectivity index (χ1v) is 12.0. The van der Waals surface area contributed by atoms with Crippen molar-refractivity contribution in [2.75, 3.05) is 29.2 Å². The highest BCUT2D eigenvalue weighted by molar-refractivity contribution is 6.36. The van der Waals surface area contributed by atoms with Gasteiger partial charge in [0.25, 0.3) is 0 Å². The van der Waals surface area contributed by atoms with Crippen LogP contribution in [-0.4, -0.2) is 62.2 Å². The predicted molar refractivity (Wildman–Crippen MR) is 139 cm³/mol. The van der Waals surface area contributed by atoms with E-state index in [-0.39, 0.29) is 35.1 Å². The Labute approximate surface area is 216 Å². The Kier molecular flexibility index (Phi) is 7.26. The molecule has 1 aliphatic heterocycles. The van der Waals surface area contributed by atoms with Gasteiger partial charge < -0.3 is 30.8 Å². The maximum atomic E-state index is 13.6. The Morgan fingerprint density at radius 3 is 2.76 bits per heavy atom. The number of nitrogens with one attached hydrogen (secondary N) is 4. The lowest BCUT2D eigenvalue weighted by Gasteiger charge is -2.29. The van der Waals surface area contributed by atoms with Crippen molar-refractivity contribution in [3.05, 3.63) is 71.4 Å². The van der Waals surface area contributed by atoms with Gasteiger partial charge in [-0.3, -0.25) is 9.78 Å². The van der Waals surface area contributed by atoms with Gasteiger partial charge in [-0.2, -0.15) is 0 Å². The fourth-order valence-corrected chi connectivity index (χ4v) is 4.36. The fourth-order valence-electron chi connectivity index (χ4n) is 4.16. The van der Waals surface area contributed by atoms with E-state index in [1.165, 1.54) is 18.6 Å². The van der Waals surface area contributed by atoms with E-state index in [0.717, 1.165) is 6.42 Å². The monoisotopic (exact) mass is 521 g/mol. The van der Waals surface area contributed by atoms with Crippen LogP contribution in [0.3, 0.4) is 0 Å². The molecule has 2 amide bonds. The molecule has 1 fully saturated rings. The number of pyridine rings is 1. The van der Waals surface area contributed by atoms with Crippen molar-refractivity contribution in [2.45, 2.75) is 25.0 Å². The molecule has 12 heteroatoms. The van der Waals surface area contributed by atoms with Crippen molar-refractivity contribution < 1.29 is 19.4 Å². The van der Waals surface area contributed by atoms with Crippen LogP contribution in [0.2, 0.25) is 5.02 Å². The minimum Gasteiger partial charge on any atom is -0.394 e. The number of anilines is 3. The van der Waals surface area contributed by atoms with Crippen LogP contribution in [0.4, 0.5) is 22.0 Å². The molecule has 5 rings (SSSR count). The molecule has 0 aliphatic carbocycles. The molecule has 0 spiro atoms. The Balaban J connectivity index is 1.38. The third-order valence-corrected chi connectivity index (χ3v) is 6.35. The molecule has 5 N–H and O–H groups in total. The van der Waals surface area contributed by atoms with Crippen molar-refractivity contribution in [1.29, 1.82) is 0 Å². The number of carbonyl (C=O) groups is 2. The smallest absolute Gasteiger partial charge is 0.323 e. The van der Waals surface area contributed by atoms with Crippen LogP contribution in [0.15, 0.2) is 55.2 Å². The second kappa shape index (κ2) is 10.9. The van der Waals surface area contributed by atoms with Crippen LogP contribution >= 0.6 is 11.6 Å². The zero-order chi connectivity index (χ0) is 25.8. The molecule has 37 heavy (non-hydrogen) atoms. The highest BCUT2D eigenvalue weighted by Gasteiger charge is 2.25. The summed E-state index contributed by atoms with van der Waals surface area (Å²) >= 11 is 6.40. The molecule has 0 radical (unpaired) electrons. The number of nitrogens with zero attached hydrogens (tertiary/aromatic N) is 3. The third kappa shape index (κ3) is 5.53. The number of urea groups is 1. The number of rotatable bonds is 7. The number of fused-ring (bicyclic) bond motifs is 1. The molecule has 0 saturated carbocycles. The number of ether oxygens (including phenoxy) is 1. The van der Waals surface area contributed by atoms with Gasteiger partial charge in [0.05, 0.1) is 53.2 Å². The number of carbonyl (C=O) groups excluding carboxylic acids is 2. The van der Waals surface area contributed by atoms with Gasteiger partial charge in [0, 0.05) is 23.6 Å². The number of hydrogen-bond donors (Lipinski definition) is 5. The lowest BCUT2D eigenvalue weighted by molar-refractivity contribution is -0.0224. The van der Waals surface area contributed by atoms with Crippen LogP contribution in [-0.2, 0) is 4.74 Å². The van der Waals surface area contributed by atoms with E-state index in [0.29, 0.717) is 46.8 Å². The second-order valence-corrected chi connectivity index (χ2v) is 8.96. The molecule has 0 bridgehead atoms. The summed E-state index contributed by atoms with van der Waals surface area (Å²) in [5, 5.41) is 18.8. The molecule has 3 aromatic heterocycles. The number of amides is 2. The first-order chi connectivity index (χ1) is 18.0. The number of ketones is 1. The molecule has 1 aromatic carbocycles. The second-order valence-electron chi connectivity index (χ2n) is 8.55. The van der Waals surface area contributed by atoms with E-state index in [4.69, 9.17) is 16.3 Å². The number of halogens is 1. The summed E-state index contributed by atoms with van der Waals surface area (Å²) in [5.74, 6) is 0.137. The third-order valence-electron chi connectivity index (χ3n) is 6.02. The zero-order valence-corrected chi connectivity index (χ0v) is 20.3. The number of aliphatic hydroxyl groups is 1. The zero-order valence-electron chi connectivity index (χ0n) is 19.6. The van der Waals surface area contributed by atoms with Gasteiger partial charge >= 0.3 is 6.03 Å². The number of aliphatic hydroxyl groups excluding tert-OH is 1. The average molecular weight is 522 g/mol. The van der Waals surface area contributed by atoms with Gasteiger partial charge in [-0.25, -0.2) is 14.8 Å². The van der Waals surface area contributed by atoms with E-state index in [1.54, 1.807) is 36.7 Å². The summed E-state index contributed by atoms with van der Waals surface area (Å²) < 4.78 is 5.66. The van der Waals surface area contributed by atoms with E-state index >= 15 is 0 Å². The number of hydrogen-bond acceptors (Lipinski definition) is 8. The average Bonchev–Trinajstić information content (AvgIpc) is 3.36. The molecule has 11 nitrogen and oxygen atoms in total. The Morgan fingerprint density at radius 1 is 1.14 bits per heavy atom. The van der Waals surface area contributed by atoms with Crippen molar-refractivity contribution in [1.82, 2.24) is 19.9 Å². The molecule has 1 saturated heterocycles. The van der Waals surface area contributed by atoms with Gasteiger partial charge in [0.2, 0.25) is 0 Å². The van der Waals surface area contributed by atoms with E-state index in [9.17, 15) is 14.7 Å². The summed E-state index contributed by atoms with van der Waals surface area (Å²) in [6.45, 7) is 0.395. The van der Waals surface area contributed by atoms with Crippen LogP contribution in [0.1, 0.15) is 28.8 Å². The van der Waals surface area contributed by atoms with Crippen molar-refractivity contribution in [2.24, 2.45) is 0 Å². The molecular weight excluding hydrogens is 498 g/mol. The number of benzene rings is 1. The minimum atomic E-state index is -0.487. The number of aromatic nitrogens is 4. The lowest BCUT2D eigenvalue weighted by Crippen LogP contribution is -2.36. The molecule has 190 valence electrons. The summed E-state index contributed by atoms with van der Waals surface area (Å²) in [7, 11) is 0. The number of H-pyrrole nitrogens is 1. The maximum absolute atomic E-state index is 13.6. The number of aromatic amines is 1. The van der Waals surface area contributed by atoms with Crippen LogP contribution in [0.5, 0.6) is 0 Å². The normalized spacial score (nSPS) is 17.4. The summed E-state index contributed by atoms with van der Waals surface area (Å²) in [5.41, 5.74) is 1.96. The fraction of sp³-hybridized carbons (Fsp3) is 0.240. The van der Waals surface area contributed by atoms with Gasteiger partial charge in [-0.15, -0.1) is 0 Å². The highest BCUT2D eigenvalue weighted by Crippen LogP contribution is 2.30. The quantitative estimate of drug-likeness (QED) is 0.230. The first-order valence-electron chi connectivity index (χ1n) is 11.6. The minimum absolute atomic E-state index is 0.0132. The standard InChI is InChI=1S/C25H24ClN7O4/c26-20-6-4-14(32-25(36)33-15-2-1-7-27-9-15)8-18(20)22(35)19-10-28-23-21(19)24(30-13-29-23)31-16-3-5-17(11-34)37-12-16/h1-2,4,6-10,13,16-17,34H,3,5,11-12H2,(H2,32,33,36)(H2,28,29,30,31)/t16-,17+/m1/s1. The first kappa shape index (κ1) is 24.6. The molecule has 4 aromatic rings. The van der Waals surface area contributed by atoms with Gasteiger partial charge in [-0.1, -0.05) is 11.6 Å². The topological polar surface area (TPSA) is 154 Å². The van der Waals surface area contributed by atoms with Crippen molar-refractivity contribution in [3.8, 4) is 0 Å². The van der Waals surface area contributed by atoms with E-state index < -0.39 is 6.03 Å². The van der Waals surface area contributed by atoms with E-state index in [1.807, 2.05) is 0 Å². The van der Waals surface area contributed by atoms with Gasteiger partial charge in [0.1, 0.15) is 17.8 Å². The molecule has 1 aliphatic rings. The Morgan fingerprint density at radius 2 is 2.00 bits per heavy atom. The van der Waals surface area contributed by atoms with Gasteiger partial charge in [0.15, 0.2) is 5.78 Å².